The first-order valence-electron chi connectivity index (χ1n) is 3.12. The molecule has 0 spiro atoms. The normalized spacial score (nSPS) is 16.9. The first-order valence-corrected chi connectivity index (χ1v) is 3.12. The van der Waals surface area contributed by atoms with E-state index in [1.165, 1.54) is 0 Å². The van der Waals surface area contributed by atoms with E-state index >= 15 is 0 Å². The van der Waals surface area contributed by atoms with Gasteiger partial charge in [0.25, 0.3) is 0 Å². The lowest BCUT2D eigenvalue weighted by Crippen LogP contribution is -2.32. The van der Waals surface area contributed by atoms with Crippen LogP contribution in [0.1, 0.15) is 20.3 Å². The summed E-state index contributed by atoms with van der Waals surface area (Å²) in [5, 5.41) is 8.90. The molecule has 9 heavy (non-hydrogen) atoms. The molecule has 2 heteroatoms. The third-order valence-corrected chi connectivity index (χ3v) is 1.20. The molecule has 0 amide bonds. The van der Waals surface area contributed by atoms with Crippen molar-refractivity contribution in [3.63, 3.8) is 0 Å². The summed E-state index contributed by atoms with van der Waals surface area (Å²) in [6.45, 7) is 7.28. The van der Waals surface area contributed by atoms with Crippen molar-refractivity contribution < 1.29 is 5.11 Å². The Kier molecular flexibility index (Phi) is 3.50. The predicted molar refractivity (Wildman–Crippen MR) is 39.1 cm³/mol. The van der Waals surface area contributed by atoms with E-state index in [1.54, 1.807) is 6.92 Å². The highest BCUT2D eigenvalue weighted by Crippen LogP contribution is 2.02. The number of hydrogen-bond donors (Lipinski definition) is 2. The number of aliphatic hydroxyl groups is 1. The highest BCUT2D eigenvalue weighted by atomic mass is 16.3. The molecule has 0 radical (unpaired) electrons. The molecule has 0 saturated heterocycles. The van der Waals surface area contributed by atoms with Gasteiger partial charge in [-0.15, -0.1) is 6.58 Å². The molecule has 0 heterocycles. The van der Waals surface area contributed by atoms with Crippen LogP contribution in [0, 0.1) is 0 Å². The highest BCUT2D eigenvalue weighted by molar-refractivity contribution is 4.93. The van der Waals surface area contributed by atoms with Gasteiger partial charge in [0, 0.05) is 6.04 Å². The lowest BCUT2D eigenvalue weighted by Gasteiger charge is -2.13. The Hall–Kier alpha value is -0.340. The summed E-state index contributed by atoms with van der Waals surface area (Å²) in [6, 6.07) is -0.150. The fourth-order valence-electron chi connectivity index (χ4n) is 0.573. The Morgan fingerprint density at radius 3 is 2.33 bits per heavy atom. The minimum absolute atomic E-state index is 0.150. The van der Waals surface area contributed by atoms with Gasteiger partial charge in [0.2, 0.25) is 0 Å². The zero-order valence-electron chi connectivity index (χ0n) is 6.09. The molecule has 0 aromatic heterocycles. The Bertz CT molecular complexity index is 99.1. The maximum Gasteiger partial charge on any atom is 0.0666 e. The summed E-state index contributed by atoms with van der Waals surface area (Å²) in [5.74, 6) is 0. The summed E-state index contributed by atoms with van der Waals surface area (Å²) >= 11 is 0. The van der Waals surface area contributed by atoms with Crippen molar-refractivity contribution in [1.82, 2.24) is 0 Å². The molecule has 0 aliphatic heterocycles. The van der Waals surface area contributed by atoms with Crippen molar-refractivity contribution in [2.24, 2.45) is 5.73 Å². The molecule has 0 aliphatic carbocycles. The van der Waals surface area contributed by atoms with Gasteiger partial charge in [0.15, 0.2) is 0 Å². The van der Waals surface area contributed by atoms with E-state index < -0.39 is 6.10 Å². The standard InChI is InChI=1S/C7H15NO/c1-5(2)4-7(8)6(3)9/h6-7,9H,1,4,8H2,2-3H3/t6?,7-/m0/s1. The predicted octanol–water partition coefficient (Wildman–Crippen LogP) is 0.661. The summed E-state index contributed by atoms with van der Waals surface area (Å²) in [7, 11) is 0. The zero-order valence-corrected chi connectivity index (χ0v) is 6.09. The van der Waals surface area contributed by atoms with E-state index in [0.717, 1.165) is 5.57 Å². The molecule has 54 valence electrons. The molecule has 0 aromatic carbocycles. The molecule has 0 aliphatic rings. The Morgan fingerprint density at radius 2 is 2.22 bits per heavy atom. The Balaban J connectivity index is 3.50. The zero-order chi connectivity index (χ0) is 7.44. The van der Waals surface area contributed by atoms with Crippen molar-refractivity contribution in [3.8, 4) is 0 Å². The summed E-state index contributed by atoms with van der Waals surface area (Å²) in [6.07, 6.45) is 0.277. The van der Waals surface area contributed by atoms with Crippen molar-refractivity contribution >= 4 is 0 Å². The number of aliphatic hydroxyl groups excluding tert-OH is 1. The van der Waals surface area contributed by atoms with Gasteiger partial charge in [-0.1, -0.05) is 5.57 Å². The first-order chi connectivity index (χ1) is 4.04. The first kappa shape index (κ1) is 8.66. The van der Waals surface area contributed by atoms with Crippen LogP contribution in [0.15, 0.2) is 12.2 Å². The van der Waals surface area contributed by atoms with Crippen LogP contribution in [0.4, 0.5) is 0 Å². The van der Waals surface area contributed by atoms with Gasteiger partial charge in [-0.25, -0.2) is 0 Å². The SMILES string of the molecule is C=C(C)C[C@H](N)C(C)O. The van der Waals surface area contributed by atoms with Gasteiger partial charge in [-0.2, -0.15) is 0 Å². The fraction of sp³-hybridized carbons (Fsp3) is 0.714. The van der Waals surface area contributed by atoms with Crippen molar-refractivity contribution in [3.05, 3.63) is 12.2 Å². The minimum Gasteiger partial charge on any atom is -0.392 e. The van der Waals surface area contributed by atoms with Gasteiger partial charge >= 0.3 is 0 Å². The second kappa shape index (κ2) is 3.64. The number of nitrogens with two attached hydrogens (primary N) is 1. The van der Waals surface area contributed by atoms with E-state index in [0.29, 0.717) is 6.42 Å². The van der Waals surface area contributed by atoms with Crippen LogP contribution < -0.4 is 5.73 Å². The van der Waals surface area contributed by atoms with E-state index in [4.69, 9.17) is 10.8 Å². The van der Waals surface area contributed by atoms with Crippen LogP contribution in [-0.2, 0) is 0 Å². The lowest BCUT2D eigenvalue weighted by molar-refractivity contribution is 0.163. The van der Waals surface area contributed by atoms with Crippen LogP contribution in [0.3, 0.4) is 0 Å². The quantitative estimate of drug-likeness (QED) is 0.550. The second-order valence-electron chi connectivity index (χ2n) is 2.57. The molecule has 2 nitrogen and oxygen atoms in total. The average molecular weight is 129 g/mol. The highest BCUT2D eigenvalue weighted by Gasteiger charge is 2.07. The van der Waals surface area contributed by atoms with Crippen LogP contribution >= 0.6 is 0 Å². The molecule has 3 N–H and O–H groups in total. The monoisotopic (exact) mass is 129 g/mol. The fourth-order valence-corrected chi connectivity index (χ4v) is 0.573. The molecule has 0 saturated carbocycles. The minimum atomic E-state index is -0.429. The van der Waals surface area contributed by atoms with E-state index in [-0.39, 0.29) is 6.04 Å². The molecule has 0 fully saturated rings. The molecule has 1 unspecified atom stereocenters. The van der Waals surface area contributed by atoms with Gasteiger partial charge in [-0.3, -0.25) is 0 Å². The van der Waals surface area contributed by atoms with Gasteiger partial charge < -0.3 is 10.8 Å². The topological polar surface area (TPSA) is 46.2 Å². The van der Waals surface area contributed by atoms with Crippen LogP contribution in [0.25, 0.3) is 0 Å². The van der Waals surface area contributed by atoms with Gasteiger partial charge in [0.05, 0.1) is 6.10 Å². The second-order valence-corrected chi connectivity index (χ2v) is 2.57. The number of rotatable bonds is 3. The summed E-state index contributed by atoms with van der Waals surface area (Å²) in [4.78, 5) is 0. The Labute approximate surface area is 56.4 Å². The van der Waals surface area contributed by atoms with Crippen LogP contribution in [0.2, 0.25) is 0 Å². The van der Waals surface area contributed by atoms with Gasteiger partial charge in [-0.05, 0) is 20.3 Å². The van der Waals surface area contributed by atoms with Crippen molar-refractivity contribution in [2.75, 3.05) is 0 Å². The molecule has 0 rings (SSSR count). The van der Waals surface area contributed by atoms with E-state index in [9.17, 15) is 0 Å². The van der Waals surface area contributed by atoms with E-state index in [1.807, 2.05) is 6.92 Å². The number of hydrogen-bond acceptors (Lipinski definition) is 2. The van der Waals surface area contributed by atoms with Crippen LogP contribution in [-0.4, -0.2) is 17.3 Å². The largest absolute Gasteiger partial charge is 0.392 e. The van der Waals surface area contributed by atoms with Crippen LogP contribution in [0.5, 0.6) is 0 Å². The van der Waals surface area contributed by atoms with Crippen molar-refractivity contribution in [2.45, 2.75) is 32.4 Å². The molecule has 0 bridgehead atoms. The third-order valence-electron chi connectivity index (χ3n) is 1.20. The maximum absolute atomic E-state index is 8.90. The summed E-state index contributed by atoms with van der Waals surface area (Å²) < 4.78 is 0. The molecule has 0 aromatic rings. The molecular weight excluding hydrogens is 114 g/mol. The molecular formula is C7H15NO. The Morgan fingerprint density at radius 1 is 1.78 bits per heavy atom. The summed E-state index contributed by atoms with van der Waals surface area (Å²) in [5.41, 5.74) is 6.52. The van der Waals surface area contributed by atoms with Gasteiger partial charge in [0.1, 0.15) is 0 Å². The lowest BCUT2D eigenvalue weighted by atomic mass is 10.1. The van der Waals surface area contributed by atoms with Crippen molar-refractivity contribution in [1.29, 1.82) is 0 Å². The molecule has 2 atom stereocenters. The maximum atomic E-state index is 8.90. The third kappa shape index (κ3) is 4.18. The average Bonchev–Trinajstić information content (AvgIpc) is 1.63. The van der Waals surface area contributed by atoms with E-state index in [2.05, 4.69) is 6.58 Å². The smallest absolute Gasteiger partial charge is 0.0666 e.